The van der Waals surface area contributed by atoms with Gasteiger partial charge in [-0.1, -0.05) is 45.1 Å². The lowest BCUT2D eigenvalue weighted by Crippen LogP contribution is -2.51. The monoisotopic (exact) mass is 353 g/mol. The van der Waals surface area contributed by atoms with Gasteiger partial charge < -0.3 is 10.1 Å². The highest BCUT2D eigenvalue weighted by molar-refractivity contribution is 6.07. The first-order valence-electron chi connectivity index (χ1n) is 9.05. The van der Waals surface area contributed by atoms with Gasteiger partial charge in [0.25, 0.3) is 11.8 Å². The fourth-order valence-corrected chi connectivity index (χ4v) is 2.64. The molecule has 1 fully saturated rings. The highest BCUT2D eigenvalue weighted by Crippen LogP contribution is 2.23. The number of nitrogens with one attached hydrogen (secondary N) is 2. The summed E-state index contributed by atoms with van der Waals surface area (Å²) < 4.78 is 5.33. The van der Waals surface area contributed by atoms with E-state index in [0.717, 1.165) is 30.7 Å². The number of nitrogens with zero attached hydrogens (tertiary/aromatic N) is 1. The third-order valence-corrected chi connectivity index (χ3v) is 4.32. The lowest BCUT2D eigenvalue weighted by atomic mass is 9.94. The summed E-state index contributed by atoms with van der Waals surface area (Å²) in [5.41, 5.74) is 1.38. The Morgan fingerprint density at radius 2 is 2.04 bits per heavy atom. The van der Waals surface area contributed by atoms with E-state index < -0.39 is 29.5 Å². The summed E-state index contributed by atoms with van der Waals surface area (Å²) in [5.74, 6) is -0.959. The molecule has 7 nitrogen and oxygen atoms in total. The van der Waals surface area contributed by atoms with Crippen LogP contribution in [0.2, 0.25) is 0 Å². The number of unbranched alkanes of at least 4 members (excludes halogenated alkanes) is 4. The fraction of sp³-hybridized carbons (Fsp3) is 0.722. The van der Waals surface area contributed by atoms with Gasteiger partial charge in [0.1, 0.15) is 11.6 Å². The molecule has 2 N–H and O–H groups in total. The van der Waals surface area contributed by atoms with E-state index in [2.05, 4.69) is 24.2 Å². The SMILES string of the molecule is C=CCCOC(C)C(=O)NN1C(=O)NC(C)(CCCCCCC)C1=O. The van der Waals surface area contributed by atoms with E-state index >= 15 is 0 Å². The molecule has 1 rings (SSSR count). The molecule has 0 saturated carbocycles. The Balaban J connectivity index is 2.52. The van der Waals surface area contributed by atoms with Gasteiger partial charge in [-0.3, -0.25) is 15.0 Å². The number of hydrazine groups is 1. The van der Waals surface area contributed by atoms with Crippen LogP contribution in [0, 0.1) is 0 Å². The molecule has 7 heteroatoms. The van der Waals surface area contributed by atoms with E-state index in [0.29, 0.717) is 19.4 Å². The minimum Gasteiger partial charge on any atom is -0.368 e. The van der Waals surface area contributed by atoms with Gasteiger partial charge in [-0.25, -0.2) is 4.79 Å². The van der Waals surface area contributed by atoms with Crippen molar-refractivity contribution < 1.29 is 19.1 Å². The van der Waals surface area contributed by atoms with Gasteiger partial charge in [0.15, 0.2) is 0 Å². The van der Waals surface area contributed by atoms with Crippen LogP contribution in [0.1, 0.15) is 65.7 Å². The first-order chi connectivity index (χ1) is 11.9. The topological polar surface area (TPSA) is 87.7 Å². The van der Waals surface area contributed by atoms with Gasteiger partial charge >= 0.3 is 6.03 Å². The summed E-state index contributed by atoms with van der Waals surface area (Å²) in [6.45, 7) is 9.35. The lowest BCUT2D eigenvalue weighted by molar-refractivity contribution is -0.143. The van der Waals surface area contributed by atoms with Crippen molar-refractivity contribution >= 4 is 17.8 Å². The molecule has 0 bridgehead atoms. The summed E-state index contributed by atoms with van der Waals surface area (Å²) in [4.78, 5) is 36.7. The van der Waals surface area contributed by atoms with E-state index in [4.69, 9.17) is 4.74 Å². The maximum absolute atomic E-state index is 12.5. The molecule has 0 aromatic carbocycles. The number of hydrogen-bond donors (Lipinski definition) is 2. The number of imide groups is 1. The molecule has 1 aliphatic rings. The van der Waals surface area contributed by atoms with E-state index in [1.54, 1.807) is 19.9 Å². The average Bonchev–Trinajstić information content (AvgIpc) is 2.78. The maximum atomic E-state index is 12.5. The maximum Gasteiger partial charge on any atom is 0.344 e. The van der Waals surface area contributed by atoms with Crippen LogP contribution < -0.4 is 10.7 Å². The highest BCUT2D eigenvalue weighted by Gasteiger charge is 2.48. The second-order valence-electron chi connectivity index (χ2n) is 6.63. The Bertz CT molecular complexity index is 495. The minimum atomic E-state index is -0.969. The number of amides is 4. The van der Waals surface area contributed by atoms with Crippen LogP contribution in [-0.4, -0.2) is 41.1 Å². The molecular formula is C18H31N3O4. The number of rotatable bonds is 12. The minimum absolute atomic E-state index is 0.355. The summed E-state index contributed by atoms with van der Waals surface area (Å²) in [5, 5.41) is 3.45. The zero-order chi connectivity index (χ0) is 18.9. The lowest BCUT2D eigenvalue weighted by Gasteiger charge is -2.22. The van der Waals surface area contributed by atoms with Crippen molar-refractivity contribution in [2.75, 3.05) is 6.61 Å². The summed E-state index contributed by atoms with van der Waals surface area (Å²) in [6.07, 6.45) is 7.42. The predicted molar refractivity (Wildman–Crippen MR) is 95.5 cm³/mol. The van der Waals surface area contributed by atoms with Gasteiger partial charge in [0.2, 0.25) is 0 Å². The van der Waals surface area contributed by atoms with Crippen LogP contribution in [-0.2, 0) is 14.3 Å². The third kappa shape index (κ3) is 6.16. The fourth-order valence-electron chi connectivity index (χ4n) is 2.64. The van der Waals surface area contributed by atoms with Crippen LogP contribution in [0.5, 0.6) is 0 Å². The van der Waals surface area contributed by atoms with Gasteiger partial charge in [0.05, 0.1) is 6.61 Å². The molecule has 2 atom stereocenters. The van der Waals surface area contributed by atoms with Crippen molar-refractivity contribution in [2.45, 2.75) is 77.4 Å². The molecule has 0 aromatic heterocycles. The zero-order valence-electron chi connectivity index (χ0n) is 15.6. The third-order valence-electron chi connectivity index (χ3n) is 4.32. The van der Waals surface area contributed by atoms with E-state index in [-0.39, 0.29) is 0 Å². The summed E-state index contributed by atoms with van der Waals surface area (Å²) >= 11 is 0. The molecule has 4 amide bonds. The Morgan fingerprint density at radius 3 is 2.68 bits per heavy atom. The van der Waals surface area contributed by atoms with E-state index in [1.807, 2.05) is 0 Å². The van der Waals surface area contributed by atoms with Crippen molar-refractivity contribution in [2.24, 2.45) is 0 Å². The van der Waals surface area contributed by atoms with Crippen LogP contribution in [0.25, 0.3) is 0 Å². The van der Waals surface area contributed by atoms with Gasteiger partial charge in [-0.15, -0.1) is 6.58 Å². The van der Waals surface area contributed by atoms with Crippen molar-refractivity contribution in [1.82, 2.24) is 15.8 Å². The van der Waals surface area contributed by atoms with Gasteiger partial charge in [-0.05, 0) is 26.7 Å². The largest absolute Gasteiger partial charge is 0.368 e. The quantitative estimate of drug-likeness (QED) is 0.321. The average molecular weight is 353 g/mol. The number of carbonyl (C=O) groups excluding carboxylic acids is 3. The van der Waals surface area contributed by atoms with Gasteiger partial charge in [-0.2, -0.15) is 5.01 Å². The molecule has 1 heterocycles. The van der Waals surface area contributed by atoms with Crippen LogP contribution >= 0.6 is 0 Å². The van der Waals surface area contributed by atoms with E-state index in [9.17, 15) is 14.4 Å². The molecule has 0 aliphatic carbocycles. The second kappa shape index (κ2) is 10.2. The summed E-state index contributed by atoms with van der Waals surface area (Å²) in [6, 6.07) is -0.604. The molecular weight excluding hydrogens is 322 g/mol. The molecule has 1 aliphatic heterocycles. The number of carbonyl (C=O) groups is 3. The molecule has 25 heavy (non-hydrogen) atoms. The number of hydrogen-bond acceptors (Lipinski definition) is 4. The Hall–Kier alpha value is -1.89. The van der Waals surface area contributed by atoms with Crippen molar-refractivity contribution in [3.05, 3.63) is 12.7 Å². The molecule has 1 saturated heterocycles. The number of ether oxygens (including phenoxy) is 1. The first-order valence-corrected chi connectivity index (χ1v) is 9.05. The Kier molecular flexibility index (Phi) is 8.61. The normalized spacial score (nSPS) is 21.2. The van der Waals surface area contributed by atoms with Crippen molar-refractivity contribution in [3.63, 3.8) is 0 Å². The molecule has 142 valence electrons. The highest BCUT2D eigenvalue weighted by atomic mass is 16.5. The van der Waals surface area contributed by atoms with Gasteiger partial charge in [0, 0.05) is 0 Å². The standard InChI is InChI=1S/C18H31N3O4/c1-5-7-9-10-11-12-18(4)16(23)21(17(24)19-18)20-15(22)14(3)25-13-8-6-2/h6,14H,2,5,7-13H2,1,3-4H3,(H,19,24)(H,20,22). The molecule has 0 radical (unpaired) electrons. The Labute approximate surface area is 150 Å². The molecule has 2 unspecified atom stereocenters. The van der Waals surface area contributed by atoms with Crippen molar-refractivity contribution in [3.8, 4) is 0 Å². The van der Waals surface area contributed by atoms with Crippen LogP contribution in [0.4, 0.5) is 4.79 Å². The predicted octanol–water partition coefficient (Wildman–Crippen LogP) is 2.67. The smallest absolute Gasteiger partial charge is 0.344 e. The number of urea groups is 1. The van der Waals surface area contributed by atoms with Crippen molar-refractivity contribution in [1.29, 1.82) is 0 Å². The second-order valence-corrected chi connectivity index (χ2v) is 6.63. The molecule has 0 spiro atoms. The van der Waals surface area contributed by atoms with Crippen LogP contribution in [0.3, 0.4) is 0 Å². The summed E-state index contributed by atoms with van der Waals surface area (Å²) in [7, 11) is 0. The van der Waals surface area contributed by atoms with E-state index in [1.165, 1.54) is 6.42 Å². The zero-order valence-corrected chi connectivity index (χ0v) is 15.6. The van der Waals surface area contributed by atoms with Crippen LogP contribution in [0.15, 0.2) is 12.7 Å². The molecule has 0 aromatic rings. The first kappa shape index (κ1) is 21.2. The Morgan fingerprint density at radius 1 is 1.36 bits per heavy atom.